The Morgan fingerprint density at radius 1 is 1.19 bits per heavy atom. The minimum Gasteiger partial charge on any atom is -0.355 e. The molecule has 0 aliphatic carbocycles. The van der Waals surface area contributed by atoms with Crippen molar-refractivity contribution in [2.24, 2.45) is 0 Å². The normalized spacial score (nSPS) is 16.0. The Hall–Kier alpha value is -2.04. The van der Waals surface area contributed by atoms with Crippen LogP contribution in [0.3, 0.4) is 0 Å². The SMILES string of the molecule is CCNC(=O)CN1CCCN(C(=O)c2cc(S(=O)(=O)NC)ccc2F)CC1. The van der Waals surface area contributed by atoms with Gasteiger partial charge in [-0.1, -0.05) is 0 Å². The van der Waals surface area contributed by atoms with Gasteiger partial charge in [-0.25, -0.2) is 17.5 Å². The number of benzene rings is 1. The third kappa shape index (κ3) is 5.47. The molecule has 1 fully saturated rings. The number of amides is 2. The van der Waals surface area contributed by atoms with Crippen LogP contribution in [0.2, 0.25) is 0 Å². The van der Waals surface area contributed by atoms with E-state index in [1.54, 1.807) is 0 Å². The zero-order valence-corrected chi connectivity index (χ0v) is 16.3. The molecule has 1 saturated heterocycles. The quantitative estimate of drug-likeness (QED) is 0.701. The van der Waals surface area contributed by atoms with Gasteiger partial charge in [-0.2, -0.15) is 0 Å². The fraction of sp³-hybridized carbons (Fsp3) is 0.529. The van der Waals surface area contributed by atoms with E-state index in [0.717, 1.165) is 18.2 Å². The standard InChI is InChI=1S/C17H25FN4O4S/c1-3-20-16(23)12-21-7-4-8-22(10-9-21)17(24)14-11-13(5-6-15(14)18)27(25,26)19-2/h5-6,11,19H,3-4,7-10,12H2,1-2H3,(H,20,23). The van der Waals surface area contributed by atoms with Gasteiger partial charge in [0.1, 0.15) is 5.82 Å². The van der Waals surface area contributed by atoms with E-state index in [2.05, 4.69) is 10.0 Å². The molecule has 0 bridgehead atoms. The van der Waals surface area contributed by atoms with Gasteiger partial charge in [0.05, 0.1) is 17.0 Å². The predicted octanol–water partition coefficient (Wildman–Crippen LogP) is 0.0178. The van der Waals surface area contributed by atoms with Crippen molar-refractivity contribution in [1.29, 1.82) is 0 Å². The van der Waals surface area contributed by atoms with Crippen molar-refractivity contribution in [2.45, 2.75) is 18.2 Å². The fourth-order valence-electron chi connectivity index (χ4n) is 2.91. The Kier molecular flexibility index (Phi) is 7.28. The third-order valence-corrected chi connectivity index (χ3v) is 5.78. The Labute approximate surface area is 158 Å². The molecule has 150 valence electrons. The number of carbonyl (C=O) groups excluding carboxylic acids is 2. The van der Waals surface area contributed by atoms with Crippen LogP contribution >= 0.6 is 0 Å². The van der Waals surface area contributed by atoms with Gasteiger partial charge in [0.25, 0.3) is 5.91 Å². The third-order valence-electron chi connectivity index (χ3n) is 4.36. The fourth-order valence-corrected chi connectivity index (χ4v) is 3.67. The minimum absolute atomic E-state index is 0.0757. The summed E-state index contributed by atoms with van der Waals surface area (Å²) in [6.07, 6.45) is 0.640. The Morgan fingerprint density at radius 3 is 2.59 bits per heavy atom. The smallest absolute Gasteiger partial charge is 0.256 e. The highest BCUT2D eigenvalue weighted by Gasteiger charge is 2.25. The number of rotatable bonds is 6. The monoisotopic (exact) mass is 400 g/mol. The van der Waals surface area contributed by atoms with Crippen molar-refractivity contribution in [3.63, 3.8) is 0 Å². The highest BCUT2D eigenvalue weighted by atomic mass is 32.2. The molecule has 8 nitrogen and oxygen atoms in total. The summed E-state index contributed by atoms with van der Waals surface area (Å²) in [6, 6.07) is 3.16. The largest absolute Gasteiger partial charge is 0.355 e. The van der Waals surface area contributed by atoms with Gasteiger partial charge in [-0.05, 0) is 38.6 Å². The Morgan fingerprint density at radius 2 is 1.93 bits per heavy atom. The first-order valence-corrected chi connectivity index (χ1v) is 10.3. The zero-order chi connectivity index (χ0) is 20.0. The van der Waals surface area contributed by atoms with Gasteiger partial charge in [0.15, 0.2) is 0 Å². The van der Waals surface area contributed by atoms with Gasteiger partial charge in [0, 0.05) is 32.7 Å². The lowest BCUT2D eigenvalue weighted by molar-refractivity contribution is -0.122. The number of sulfonamides is 1. The van der Waals surface area contributed by atoms with Crippen LogP contribution in [-0.2, 0) is 14.8 Å². The first-order chi connectivity index (χ1) is 12.8. The summed E-state index contributed by atoms with van der Waals surface area (Å²) in [6.45, 7) is 4.53. The highest BCUT2D eigenvalue weighted by Crippen LogP contribution is 2.18. The zero-order valence-electron chi connectivity index (χ0n) is 15.5. The van der Waals surface area contributed by atoms with Gasteiger partial charge in [0.2, 0.25) is 15.9 Å². The molecule has 10 heteroatoms. The van der Waals surface area contributed by atoms with Crippen molar-refractivity contribution in [3.8, 4) is 0 Å². The van der Waals surface area contributed by atoms with Gasteiger partial charge < -0.3 is 10.2 Å². The van der Waals surface area contributed by atoms with E-state index in [4.69, 9.17) is 0 Å². The molecule has 0 spiro atoms. The number of hydrogen-bond acceptors (Lipinski definition) is 5. The second-order valence-corrected chi connectivity index (χ2v) is 8.11. The molecule has 0 radical (unpaired) electrons. The molecule has 0 unspecified atom stereocenters. The molecule has 0 aromatic heterocycles. The summed E-state index contributed by atoms with van der Waals surface area (Å²) in [5.41, 5.74) is -0.275. The minimum atomic E-state index is -3.78. The molecule has 27 heavy (non-hydrogen) atoms. The second kappa shape index (κ2) is 9.25. The van der Waals surface area contributed by atoms with Crippen LogP contribution in [0.5, 0.6) is 0 Å². The maximum absolute atomic E-state index is 14.2. The summed E-state index contributed by atoms with van der Waals surface area (Å²) in [5, 5.41) is 2.73. The average molecular weight is 400 g/mol. The number of likely N-dealkylation sites (N-methyl/N-ethyl adjacent to an activating group) is 1. The number of nitrogens with zero attached hydrogens (tertiary/aromatic N) is 2. The van der Waals surface area contributed by atoms with Crippen molar-refractivity contribution < 1.29 is 22.4 Å². The highest BCUT2D eigenvalue weighted by molar-refractivity contribution is 7.89. The molecular weight excluding hydrogens is 375 g/mol. The maximum Gasteiger partial charge on any atom is 0.256 e. The van der Waals surface area contributed by atoms with E-state index in [9.17, 15) is 22.4 Å². The first-order valence-electron chi connectivity index (χ1n) is 8.80. The molecule has 0 saturated carbocycles. The summed E-state index contributed by atoms with van der Waals surface area (Å²) < 4.78 is 40.2. The van der Waals surface area contributed by atoms with Crippen LogP contribution in [0.15, 0.2) is 23.1 Å². The van der Waals surface area contributed by atoms with E-state index >= 15 is 0 Å². The van der Waals surface area contributed by atoms with Crippen LogP contribution in [0.1, 0.15) is 23.7 Å². The lowest BCUT2D eigenvalue weighted by Gasteiger charge is -2.22. The molecule has 1 aromatic carbocycles. The van der Waals surface area contributed by atoms with E-state index in [0.29, 0.717) is 39.1 Å². The van der Waals surface area contributed by atoms with Crippen LogP contribution < -0.4 is 10.0 Å². The van der Waals surface area contributed by atoms with Gasteiger partial charge >= 0.3 is 0 Å². The molecule has 2 amide bonds. The number of halogens is 1. The molecule has 2 N–H and O–H groups in total. The number of carbonyl (C=O) groups is 2. The predicted molar refractivity (Wildman–Crippen MR) is 98.3 cm³/mol. The first kappa shape index (κ1) is 21.3. The Balaban J connectivity index is 2.12. The van der Waals surface area contributed by atoms with Crippen molar-refractivity contribution in [1.82, 2.24) is 19.8 Å². The lowest BCUT2D eigenvalue weighted by atomic mass is 10.2. The second-order valence-electron chi connectivity index (χ2n) is 6.22. The molecule has 1 aromatic rings. The number of hydrogen-bond donors (Lipinski definition) is 2. The summed E-state index contributed by atoms with van der Waals surface area (Å²) in [5.74, 6) is -1.40. The van der Waals surface area contributed by atoms with Crippen LogP contribution in [-0.4, -0.2) is 76.3 Å². The van der Waals surface area contributed by atoms with E-state index < -0.39 is 21.7 Å². The van der Waals surface area contributed by atoms with Gasteiger partial charge in [-0.15, -0.1) is 0 Å². The molecule has 1 aliphatic heterocycles. The van der Waals surface area contributed by atoms with Crippen LogP contribution in [0.25, 0.3) is 0 Å². The summed E-state index contributed by atoms with van der Waals surface area (Å²) >= 11 is 0. The van der Waals surface area contributed by atoms with E-state index in [1.165, 1.54) is 11.9 Å². The average Bonchev–Trinajstić information content (AvgIpc) is 2.87. The molecule has 1 aliphatic rings. The van der Waals surface area contributed by atoms with Gasteiger partial charge in [-0.3, -0.25) is 14.5 Å². The summed E-state index contributed by atoms with van der Waals surface area (Å²) in [4.78, 5) is 27.7. The van der Waals surface area contributed by atoms with E-state index in [1.807, 2.05) is 11.8 Å². The Bertz CT molecular complexity index is 800. The lowest BCUT2D eigenvalue weighted by Crippen LogP contribution is -2.40. The van der Waals surface area contributed by atoms with Crippen LogP contribution in [0, 0.1) is 5.82 Å². The van der Waals surface area contributed by atoms with Crippen molar-refractivity contribution >= 4 is 21.8 Å². The maximum atomic E-state index is 14.2. The molecule has 2 rings (SSSR count). The molecular formula is C17H25FN4O4S. The van der Waals surface area contributed by atoms with Crippen molar-refractivity contribution in [2.75, 3.05) is 46.3 Å². The van der Waals surface area contributed by atoms with Crippen molar-refractivity contribution in [3.05, 3.63) is 29.6 Å². The van der Waals surface area contributed by atoms with Crippen LogP contribution in [0.4, 0.5) is 4.39 Å². The molecule has 1 heterocycles. The topological polar surface area (TPSA) is 98.8 Å². The summed E-state index contributed by atoms with van der Waals surface area (Å²) in [7, 11) is -2.53. The number of nitrogens with one attached hydrogen (secondary N) is 2. The van der Waals surface area contributed by atoms with E-state index in [-0.39, 0.29) is 22.9 Å². The molecule has 0 atom stereocenters.